The monoisotopic (exact) mass is 485 g/mol. The zero-order valence-electron chi connectivity index (χ0n) is 20.3. The van der Waals surface area contributed by atoms with Crippen LogP contribution in [0, 0.1) is 13.8 Å². The van der Waals surface area contributed by atoms with Gasteiger partial charge in [-0.15, -0.1) is 0 Å². The van der Waals surface area contributed by atoms with Crippen molar-refractivity contribution in [2.24, 2.45) is 0 Å². The fourth-order valence-electron chi connectivity index (χ4n) is 4.58. The van der Waals surface area contributed by atoms with Crippen molar-refractivity contribution in [2.45, 2.75) is 38.5 Å². The molecule has 4 nitrogen and oxygen atoms in total. The van der Waals surface area contributed by atoms with E-state index in [2.05, 4.69) is 17.8 Å². The molecule has 1 aliphatic carbocycles. The zero-order valence-corrected chi connectivity index (χ0v) is 20.3. The predicted octanol–water partition coefficient (Wildman–Crippen LogP) is 7.17. The molecule has 5 rings (SSSR count). The summed E-state index contributed by atoms with van der Waals surface area (Å²) in [5.41, 5.74) is 3.14. The van der Waals surface area contributed by atoms with Gasteiger partial charge in [-0.2, -0.15) is 13.4 Å². The van der Waals surface area contributed by atoms with Crippen molar-refractivity contribution in [1.82, 2.24) is 4.98 Å². The molecule has 182 valence electrons. The highest BCUT2D eigenvalue weighted by atomic mass is 19.3. The SMILES string of the molecule is C=[N+](CC(F)(F)c1ccc(C)cc1C)C(=O)c1c(Oc2cccc(C3CC3)c2)cnc2ccccc12. The lowest BCUT2D eigenvalue weighted by molar-refractivity contribution is -0.452. The quantitative estimate of drug-likeness (QED) is 0.206. The lowest BCUT2D eigenvalue weighted by atomic mass is 10.00. The number of carbonyl (C=O) groups excluding carboxylic acids is 1. The minimum atomic E-state index is -3.28. The predicted molar refractivity (Wildman–Crippen MR) is 137 cm³/mol. The van der Waals surface area contributed by atoms with Crippen molar-refractivity contribution in [3.8, 4) is 11.5 Å². The van der Waals surface area contributed by atoms with E-state index in [1.165, 1.54) is 17.8 Å². The smallest absolute Gasteiger partial charge is 0.423 e. The Kier molecular flexibility index (Phi) is 6.12. The Labute approximate surface area is 208 Å². The van der Waals surface area contributed by atoms with Gasteiger partial charge in [0.1, 0.15) is 18.0 Å². The van der Waals surface area contributed by atoms with Crippen LogP contribution in [0.2, 0.25) is 0 Å². The maximum atomic E-state index is 15.3. The van der Waals surface area contributed by atoms with Crippen molar-refractivity contribution in [3.63, 3.8) is 0 Å². The van der Waals surface area contributed by atoms with E-state index >= 15 is 8.78 Å². The average Bonchev–Trinajstić information content (AvgIpc) is 3.69. The van der Waals surface area contributed by atoms with Crippen molar-refractivity contribution in [3.05, 3.63) is 101 Å². The molecule has 1 amide bonds. The number of rotatable bonds is 7. The number of nitrogens with zero attached hydrogens (tertiary/aromatic N) is 2. The fraction of sp³-hybridized carbons (Fsp3) is 0.233. The van der Waals surface area contributed by atoms with E-state index in [1.807, 2.05) is 25.1 Å². The first kappa shape index (κ1) is 23.8. The minimum absolute atomic E-state index is 0.123. The van der Waals surface area contributed by atoms with Gasteiger partial charge in [0.15, 0.2) is 5.75 Å². The van der Waals surface area contributed by atoms with Crippen LogP contribution in [-0.2, 0) is 5.92 Å². The lowest BCUT2D eigenvalue weighted by Crippen LogP contribution is -2.32. The summed E-state index contributed by atoms with van der Waals surface area (Å²) in [6.45, 7) is 6.32. The summed E-state index contributed by atoms with van der Waals surface area (Å²) in [4.78, 5) is 18.1. The Morgan fingerprint density at radius 2 is 1.86 bits per heavy atom. The number of benzene rings is 3. The standard InChI is InChI=1S/C30H27F2N2O2/c1-19-11-14-25(20(2)15-19)30(31,32)18-34(3)29(35)28-24-9-4-5-10-26(24)33-17-27(28)36-23-8-6-7-22(16-23)21-12-13-21/h4-11,14-17,21H,3,12-13,18H2,1-2H3/q+1. The molecule has 1 aromatic heterocycles. The number of aryl methyl sites for hydroxylation is 2. The molecule has 0 atom stereocenters. The van der Waals surface area contributed by atoms with Gasteiger partial charge in [-0.3, -0.25) is 4.98 Å². The average molecular weight is 486 g/mol. The molecular weight excluding hydrogens is 458 g/mol. The lowest BCUT2D eigenvalue weighted by Gasteiger charge is -2.17. The number of hydrogen-bond donors (Lipinski definition) is 0. The van der Waals surface area contributed by atoms with Crippen LogP contribution in [-0.4, -0.2) is 28.7 Å². The summed E-state index contributed by atoms with van der Waals surface area (Å²) in [5, 5.41) is 0.516. The Balaban J connectivity index is 1.50. The summed E-state index contributed by atoms with van der Waals surface area (Å²) in [6.07, 6.45) is 3.77. The van der Waals surface area contributed by atoms with Gasteiger partial charge in [0.25, 0.3) is 0 Å². The van der Waals surface area contributed by atoms with Crippen molar-refractivity contribution in [2.75, 3.05) is 6.54 Å². The molecule has 1 fully saturated rings. The van der Waals surface area contributed by atoms with Crippen LogP contribution in [0.5, 0.6) is 11.5 Å². The third-order valence-corrected chi connectivity index (χ3v) is 6.54. The highest BCUT2D eigenvalue weighted by Gasteiger charge is 2.41. The molecule has 3 aromatic carbocycles. The highest BCUT2D eigenvalue weighted by Crippen LogP contribution is 2.42. The molecule has 0 radical (unpaired) electrons. The number of pyridine rings is 1. The van der Waals surface area contributed by atoms with Gasteiger partial charge in [-0.1, -0.05) is 54.1 Å². The van der Waals surface area contributed by atoms with Crippen molar-refractivity contribution < 1.29 is 22.9 Å². The van der Waals surface area contributed by atoms with Gasteiger partial charge < -0.3 is 4.74 Å². The number of alkyl halides is 2. The van der Waals surface area contributed by atoms with Crippen molar-refractivity contribution in [1.29, 1.82) is 0 Å². The van der Waals surface area contributed by atoms with Gasteiger partial charge in [-0.05, 0) is 61.9 Å². The summed E-state index contributed by atoms with van der Waals surface area (Å²) in [6, 6.07) is 19.6. The maximum Gasteiger partial charge on any atom is 0.423 e. The van der Waals surface area contributed by atoms with E-state index in [-0.39, 0.29) is 16.9 Å². The van der Waals surface area contributed by atoms with Crippen LogP contribution in [0.25, 0.3) is 10.9 Å². The van der Waals surface area contributed by atoms with E-state index in [4.69, 9.17) is 4.74 Å². The molecule has 36 heavy (non-hydrogen) atoms. The molecule has 0 unspecified atom stereocenters. The molecule has 0 bridgehead atoms. The number of ether oxygens (including phenoxy) is 1. The fourth-order valence-corrected chi connectivity index (χ4v) is 4.58. The maximum absolute atomic E-state index is 15.3. The first-order chi connectivity index (χ1) is 17.2. The van der Waals surface area contributed by atoms with Crippen LogP contribution >= 0.6 is 0 Å². The zero-order chi connectivity index (χ0) is 25.4. The largest absolute Gasteiger partial charge is 0.455 e. The Morgan fingerprint density at radius 1 is 1.08 bits per heavy atom. The van der Waals surface area contributed by atoms with Gasteiger partial charge in [0.05, 0.1) is 11.7 Å². The number of halogens is 2. The van der Waals surface area contributed by atoms with E-state index in [0.29, 0.717) is 28.1 Å². The third-order valence-electron chi connectivity index (χ3n) is 6.54. The number of hydrogen-bond acceptors (Lipinski definition) is 3. The van der Waals surface area contributed by atoms with E-state index in [0.717, 1.165) is 23.0 Å². The molecule has 6 heteroatoms. The molecule has 1 heterocycles. The second-order valence-electron chi connectivity index (χ2n) is 9.49. The van der Waals surface area contributed by atoms with Crippen molar-refractivity contribution >= 4 is 23.5 Å². The number of carbonyl (C=O) groups is 1. The van der Waals surface area contributed by atoms with E-state index in [1.54, 1.807) is 43.3 Å². The summed E-state index contributed by atoms with van der Waals surface area (Å²) in [5.74, 6) is -2.63. The number of amides is 1. The first-order valence-corrected chi connectivity index (χ1v) is 12.0. The van der Waals surface area contributed by atoms with Crippen LogP contribution in [0.15, 0.2) is 72.9 Å². The third kappa shape index (κ3) is 4.76. The molecule has 0 spiro atoms. The van der Waals surface area contributed by atoms with Crippen LogP contribution < -0.4 is 4.74 Å². The first-order valence-electron chi connectivity index (χ1n) is 12.0. The van der Waals surface area contributed by atoms with Gasteiger partial charge in [0, 0.05) is 10.9 Å². The Bertz CT molecular complexity index is 1490. The Morgan fingerprint density at radius 3 is 2.61 bits per heavy atom. The van der Waals surface area contributed by atoms with Crippen LogP contribution in [0.4, 0.5) is 8.78 Å². The number of aromatic nitrogens is 1. The molecule has 1 aliphatic rings. The van der Waals surface area contributed by atoms with Gasteiger partial charge in [0.2, 0.25) is 6.54 Å². The molecule has 0 saturated heterocycles. The normalized spacial score (nSPS) is 13.6. The molecule has 1 saturated carbocycles. The number of para-hydroxylation sites is 1. The van der Waals surface area contributed by atoms with Gasteiger partial charge in [-0.25, -0.2) is 4.79 Å². The summed E-state index contributed by atoms with van der Waals surface area (Å²) < 4.78 is 37.5. The molecule has 0 aliphatic heterocycles. The summed E-state index contributed by atoms with van der Waals surface area (Å²) >= 11 is 0. The second kappa shape index (κ2) is 9.26. The van der Waals surface area contributed by atoms with Gasteiger partial charge >= 0.3 is 11.8 Å². The van der Waals surface area contributed by atoms with E-state index < -0.39 is 18.4 Å². The van der Waals surface area contributed by atoms with Crippen LogP contribution in [0.1, 0.15) is 51.4 Å². The molecule has 4 aromatic rings. The molecule has 0 N–H and O–H groups in total. The van der Waals surface area contributed by atoms with E-state index in [9.17, 15) is 4.79 Å². The Hall–Kier alpha value is -3.93. The summed E-state index contributed by atoms with van der Waals surface area (Å²) in [7, 11) is 0. The number of fused-ring (bicyclic) bond motifs is 1. The van der Waals surface area contributed by atoms with Crippen LogP contribution in [0.3, 0.4) is 0 Å². The highest BCUT2D eigenvalue weighted by molar-refractivity contribution is 6.05. The topological polar surface area (TPSA) is 42.2 Å². The molecular formula is C30H27F2N2O2+. The second-order valence-corrected chi connectivity index (χ2v) is 9.49. The minimum Gasteiger partial charge on any atom is -0.455 e.